The van der Waals surface area contributed by atoms with Gasteiger partial charge >= 0.3 is 0 Å². The fourth-order valence-corrected chi connectivity index (χ4v) is 10.4. The molecule has 2 N–H and O–H groups in total. The van der Waals surface area contributed by atoms with Crippen LogP contribution in [0.15, 0.2) is 42.7 Å². The van der Waals surface area contributed by atoms with Crippen molar-refractivity contribution < 1.29 is 37.1 Å². The average molecular weight is 932 g/mol. The third-order valence-electron chi connectivity index (χ3n) is 13.8. The number of anilines is 1. The van der Waals surface area contributed by atoms with Crippen LogP contribution in [-0.4, -0.2) is 127 Å². The molecule has 66 heavy (non-hydrogen) atoms. The van der Waals surface area contributed by atoms with Gasteiger partial charge in [-0.15, -0.1) is 0 Å². The highest BCUT2D eigenvalue weighted by atomic mass is 35.5. The van der Waals surface area contributed by atoms with Gasteiger partial charge in [-0.05, 0) is 112 Å². The van der Waals surface area contributed by atoms with Crippen LogP contribution in [0, 0.1) is 23.4 Å². The Bertz CT molecular complexity index is 2420. The Kier molecular flexibility index (Phi) is 15.4. The van der Waals surface area contributed by atoms with E-state index in [9.17, 15) is 23.6 Å². The van der Waals surface area contributed by atoms with Crippen molar-refractivity contribution in [2.45, 2.75) is 82.7 Å². The number of nitrogens with zero attached hydrogens (tertiary/aromatic N) is 6. The highest BCUT2D eigenvalue weighted by Crippen LogP contribution is 2.43. The zero-order valence-corrected chi connectivity index (χ0v) is 38.2. The predicted octanol–water partition coefficient (Wildman–Crippen LogP) is 6.88. The summed E-state index contributed by atoms with van der Waals surface area (Å²) in [6, 6.07) is 8.04. The van der Waals surface area contributed by atoms with Crippen LogP contribution >= 0.6 is 11.6 Å². The van der Waals surface area contributed by atoms with Crippen molar-refractivity contribution in [3.8, 4) is 16.9 Å². The molecule has 4 aliphatic heterocycles. The van der Waals surface area contributed by atoms with E-state index in [-0.39, 0.29) is 76.4 Å². The first-order valence-corrected chi connectivity index (χ1v) is 23.7. The lowest BCUT2D eigenvalue weighted by atomic mass is 9.85. The van der Waals surface area contributed by atoms with E-state index < -0.39 is 23.5 Å². The van der Waals surface area contributed by atoms with Gasteiger partial charge in [0.25, 0.3) is 5.91 Å². The fourth-order valence-electron chi connectivity index (χ4n) is 10.1. The molecule has 0 radical (unpaired) electrons. The molecule has 8 rings (SSSR count). The number of halogens is 4. The summed E-state index contributed by atoms with van der Waals surface area (Å²) in [6.45, 7) is 6.83. The zero-order valence-electron chi connectivity index (χ0n) is 37.4. The Balaban J connectivity index is 0.794. The Morgan fingerprint density at radius 2 is 1.74 bits per heavy atom. The number of rotatable bonds is 18. The number of carbonyl (C=O) groups is 4. The molecule has 3 aromatic carbocycles. The molecule has 0 aliphatic carbocycles. The molecule has 2 unspecified atom stereocenters. The number of piperidine rings is 1. The van der Waals surface area contributed by atoms with E-state index in [0.717, 1.165) is 88.7 Å². The summed E-state index contributed by atoms with van der Waals surface area (Å²) in [5.74, 6) is -1.50. The quantitative estimate of drug-likeness (QED) is 0.0802. The molecule has 3 fully saturated rings. The van der Waals surface area contributed by atoms with Crippen molar-refractivity contribution >= 4 is 52.3 Å². The third-order valence-corrected chi connectivity index (χ3v) is 14.1. The second-order valence-corrected chi connectivity index (χ2v) is 18.3. The molecule has 3 amide bonds. The van der Waals surface area contributed by atoms with Gasteiger partial charge in [-0.3, -0.25) is 14.4 Å². The normalized spacial score (nSPS) is 18.5. The highest BCUT2D eigenvalue weighted by molar-refractivity contribution is 6.34. The minimum atomic E-state index is -0.760. The van der Waals surface area contributed by atoms with E-state index in [0.29, 0.717) is 62.4 Å². The number of amides is 3. The van der Waals surface area contributed by atoms with Crippen LogP contribution in [-0.2, 0) is 20.9 Å². The van der Waals surface area contributed by atoms with Gasteiger partial charge < -0.3 is 39.8 Å². The summed E-state index contributed by atoms with van der Waals surface area (Å²) in [5, 5.41) is 6.21. The van der Waals surface area contributed by atoms with Crippen LogP contribution in [0.5, 0.6) is 5.75 Å². The molecule has 5 heterocycles. The Hall–Kier alpha value is -5.32. The first kappa shape index (κ1) is 47.2. The number of benzene rings is 3. The maximum Gasteiger partial charge on any atom is 0.255 e. The molecule has 4 aromatic rings. The first-order valence-electron chi connectivity index (χ1n) is 23.4. The summed E-state index contributed by atoms with van der Waals surface area (Å²) in [4.78, 5) is 66.6. The molecule has 13 nitrogen and oxygen atoms in total. The number of hydrogen-bond acceptors (Lipinski definition) is 10. The second-order valence-electron chi connectivity index (χ2n) is 17.9. The Morgan fingerprint density at radius 3 is 2.48 bits per heavy atom. The molecule has 17 heteroatoms. The zero-order chi connectivity index (χ0) is 46.3. The van der Waals surface area contributed by atoms with Crippen molar-refractivity contribution in [2.24, 2.45) is 5.92 Å². The average Bonchev–Trinajstić information content (AvgIpc) is 3.99. The minimum Gasteiger partial charge on any atom is -0.493 e. The van der Waals surface area contributed by atoms with Gasteiger partial charge in [0.2, 0.25) is 11.8 Å². The van der Waals surface area contributed by atoms with E-state index in [4.69, 9.17) is 16.3 Å². The topological polar surface area (TPSA) is 140 Å². The Labute approximate surface area is 388 Å². The second kappa shape index (κ2) is 21.5. The van der Waals surface area contributed by atoms with E-state index in [2.05, 4.69) is 25.5 Å². The summed E-state index contributed by atoms with van der Waals surface area (Å²) in [6.07, 6.45) is 9.46. The van der Waals surface area contributed by atoms with Gasteiger partial charge in [-0.1, -0.05) is 36.9 Å². The molecule has 2 atom stereocenters. The molecule has 3 saturated heterocycles. The van der Waals surface area contributed by atoms with Crippen LogP contribution < -0.4 is 20.3 Å². The summed E-state index contributed by atoms with van der Waals surface area (Å²) in [5.41, 5.74) is 1.78. The molecule has 0 spiro atoms. The number of fused-ring (bicyclic) bond motifs is 2. The lowest BCUT2D eigenvalue weighted by Gasteiger charge is -2.36. The number of piperazine rings is 1. The van der Waals surface area contributed by atoms with Crippen molar-refractivity contribution in [2.75, 3.05) is 77.5 Å². The van der Waals surface area contributed by atoms with E-state index >= 15 is 8.78 Å². The largest absolute Gasteiger partial charge is 0.493 e. The monoisotopic (exact) mass is 930 g/mol. The summed E-state index contributed by atoms with van der Waals surface area (Å²) >= 11 is 6.78. The van der Waals surface area contributed by atoms with Gasteiger partial charge in [-0.25, -0.2) is 23.1 Å². The first-order chi connectivity index (χ1) is 32.1. The Morgan fingerprint density at radius 1 is 0.970 bits per heavy atom. The number of hydrogen-bond donors (Lipinski definition) is 2. The maximum atomic E-state index is 16.5. The SMILES string of the molecule is CNC(=O)CCC(C=O)N1Cc2c(cc(F)cc2C2CCN(CCCCCCCOc3cccc(F)c3-c3c(Cl)cc4c(N5CCN(C(=O)C6CCNC6)CC5)ncnc4c3F)CC2)C1=O. The fraction of sp³-hybridized carbons (Fsp3) is 0.510. The molecule has 1 aromatic heterocycles. The van der Waals surface area contributed by atoms with Gasteiger partial charge in [0.1, 0.15) is 41.3 Å². The van der Waals surface area contributed by atoms with Crippen LogP contribution in [0.4, 0.5) is 19.0 Å². The lowest BCUT2D eigenvalue weighted by molar-refractivity contribution is -0.135. The van der Waals surface area contributed by atoms with Crippen LogP contribution in [0.3, 0.4) is 0 Å². The van der Waals surface area contributed by atoms with Gasteiger partial charge in [0, 0.05) is 69.3 Å². The minimum absolute atomic E-state index is 0.000517. The lowest BCUT2D eigenvalue weighted by Crippen LogP contribution is -2.51. The van der Waals surface area contributed by atoms with Crippen LogP contribution in [0.2, 0.25) is 5.02 Å². The molecule has 352 valence electrons. The van der Waals surface area contributed by atoms with E-state index in [1.54, 1.807) is 18.2 Å². The molecular formula is C49H58ClF3N8O5. The predicted molar refractivity (Wildman–Crippen MR) is 246 cm³/mol. The van der Waals surface area contributed by atoms with E-state index in [1.807, 2.05) is 9.80 Å². The number of aldehydes is 1. The molecule has 0 bridgehead atoms. The number of unbranched alkanes of at least 4 members (excludes halogenated alkanes) is 4. The molecule has 4 aliphatic rings. The maximum absolute atomic E-state index is 16.5. The van der Waals surface area contributed by atoms with Crippen molar-refractivity contribution in [1.29, 1.82) is 0 Å². The summed E-state index contributed by atoms with van der Waals surface area (Å²) in [7, 11) is 1.52. The van der Waals surface area contributed by atoms with Crippen molar-refractivity contribution in [3.05, 3.63) is 81.9 Å². The van der Waals surface area contributed by atoms with Crippen molar-refractivity contribution in [3.63, 3.8) is 0 Å². The molecular weight excluding hydrogens is 873 g/mol. The van der Waals surface area contributed by atoms with Gasteiger partial charge in [0.05, 0.1) is 29.2 Å². The number of aromatic nitrogens is 2. The van der Waals surface area contributed by atoms with Crippen molar-refractivity contribution in [1.82, 2.24) is 35.3 Å². The van der Waals surface area contributed by atoms with Gasteiger partial charge in [0.15, 0.2) is 5.82 Å². The third kappa shape index (κ3) is 10.3. The van der Waals surface area contributed by atoms with Crippen LogP contribution in [0.1, 0.15) is 91.6 Å². The summed E-state index contributed by atoms with van der Waals surface area (Å²) < 4.78 is 53.1. The number of ether oxygens (including phenoxy) is 1. The highest BCUT2D eigenvalue weighted by Gasteiger charge is 2.37. The smallest absolute Gasteiger partial charge is 0.255 e. The number of likely N-dealkylation sites (tertiary alicyclic amines) is 1. The number of nitrogens with one attached hydrogen (secondary N) is 2. The van der Waals surface area contributed by atoms with E-state index in [1.165, 1.54) is 36.5 Å². The standard InChI is InChI=1S/C49H58ClF3N8O5/c1-54-42(63)11-10-34(29-62)61-28-38-35(24-33(51)25-36(38)49(61)65)31-13-17-58(18-14-31)16-5-3-2-4-6-23-66-41-9-7-8-40(52)44(41)43-39(50)26-37-46(45(43)53)56-30-57-47(37)59-19-21-60(22-20-59)48(64)32-12-15-55-27-32/h7-9,24-26,29-32,34,55H,2-6,10-23,27-28H2,1H3,(H,54,63). The van der Waals surface area contributed by atoms with Crippen LogP contribution in [0.25, 0.3) is 22.0 Å². The number of carbonyl (C=O) groups excluding carboxylic acids is 4. The van der Waals surface area contributed by atoms with Gasteiger partial charge in [-0.2, -0.15) is 0 Å². The molecule has 0 saturated carbocycles.